The molecule has 0 N–H and O–H groups in total. The van der Waals surface area contributed by atoms with Crippen LogP contribution in [0.25, 0.3) is 0 Å². The van der Waals surface area contributed by atoms with Gasteiger partial charge < -0.3 is 4.90 Å². The maximum atomic E-state index is 13.2. The highest BCUT2D eigenvalue weighted by atomic mass is 16.2. The van der Waals surface area contributed by atoms with Gasteiger partial charge in [-0.25, -0.2) is 0 Å². The largest absolute Gasteiger partial charge is 0.336 e. The summed E-state index contributed by atoms with van der Waals surface area (Å²) in [5.74, 6) is 0.784. The second-order valence-electron chi connectivity index (χ2n) is 7.87. The van der Waals surface area contributed by atoms with Gasteiger partial charge in [0.25, 0.3) is 0 Å². The number of amides is 1. The van der Waals surface area contributed by atoms with Crippen LogP contribution in [0, 0.1) is 17.2 Å². The molecule has 5 heteroatoms. The molecule has 2 heterocycles. The van der Waals surface area contributed by atoms with Crippen LogP contribution < -0.4 is 0 Å². The number of carbonyl (C=O) groups excluding carboxylic acids is 1. The summed E-state index contributed by atoms with van der Waals surface area (Å²) in [6, 6.07) is 16.5. The van der Waals surface area contributed by atoms with Gasteiger partial charge in [0.1, 0.15) is 0 Å². The number of rotatable bonds is 8. The molecule has 0 aliphatic carbocycles. The summed E-state index contributed by atoms with van der Waals surface area (Å²) in [5.41, 5.74) is 2.39. The van der Waals surface area contributed by atoms with Crippen LogP contribution >= 0.6 is 0 Å². The van der Waals surface area contributed by atoms with E-state index in [1.54, 1.807) is 17.3 Å². The minimum atomic E-state index is -0.164. The number of nitriles is 1. The zero-order valence-electron chi connectivity index (χ0n) is 17.2. The molecule has 1 aromatic carbocycles. The first-order valence-electron chi connectivity index (χ1n) is 10.5. The van der Waals surface area contributed by atoms with Crippen molar-refractivity contribution in [3.8, 4) is 6.07 Å². The van der Waals surface area contributed by atoms with Crippen LogP contribution in [-0.4, -0.2) is 46.4 Å². The van der Waals surface area contributed by atoms with Crippen LogP contribution in [0.5, 0.6) is 0 Å². The van der Waals surface area contributed by atoms with Gasteiger partial charge in [-0.15, -0.1) is 0 Å². The minimum Gasteiger partial charge on any atom is -0.336 e. The molecule has 1 amide bonds. The Labute approximate surface area is 174 Å². The van der Waals surface area contributed by atoms with E-state index in [-0.39, 0.29) is 11.9 Å². The van der Waals surface area contributed by atoms with E-state index in [0.29, 0.717) is 25.4 Å². The second kappa shape index (κ2) is 10.7. The lowest BCUT2D eigenvalue weighted by Crippen LogP contribution is -2.49. The lowest BCUT2D eigenvalue weighted by atomic mass is 9.89. The number of piperidine rings is 1. The Hall–Kier alpha value is -2.71. The van der Waals surface area contributed by atoms with E-state index < -0.39 is 0 Å². The van der Waals surface area contributed by atoms with Crippen molar-refractivity contribution in [1.82, 2.24) is 14.8 Å². The normalized spacial score (nSPS) is 16.1. The summed E-state index contributed by atoms with van der Waals surface area (Å²) in [5, 5.41) is 8.99. The van der Waals surface area contributed by atoms with E-state index in [9.17, 15) is 4.79 Å². The summed E-state index contributed by atoms with van der Waals surface area (Å²) in [7, 11) is 0. The van der Waals surface area contributed by atoms with Crippen LogP contribution in [-0.2, 0) is 17.8 Å². The molecule has 1 fully saturated rings. The molecular formula is C24H30N4O. The molecule has 3 rings (SSSR count). The van der Waals surface area contributed by atoms with Crippen LogP contribution in [0.3, 0.4) is 0 Å². The summed E-state index contributed by atoms with van der Waals surface area (Å²) in [6.45, 7) is 4.86. The number of hydrogen-bond acceptors (Lipinski definition) is 4. The number of hydrogen-bond donors (Lipinski definition) is 0. The monoisotopic (exact) mass is 390 g/mol. The zero-order chi connectivity index (χ0) is 20.5. The number of pyridine rings is 1. The number of benzene rings is 1. The van der Waals surface area contributed by atoms with E-state index in [4.69, 9.17) is 5.26 Å². The zero-order valence-corrected chi connectivity index (χ0v) is 17.2. The predicted molar refractivity (Wildman–Crippen MR) is 114 cm³/mol. The molecule has 0 radical (unpaired) electrons. The van der Waals surface area contributed by atoms with Crippen molar-refractivity contribution in [3.05, 3.63) is 66.0 Å². The number of likely N-dealkylation sites (tertiary alicyclic amines) is 1. The standard InChI is InChI=1S/C24H30N4O/c1-20(24(29)28(14-6-12-25)19-23-9-5-13-26-18-23)27-15-10-22(11-16-27)17-21-7-3-2-4-8-21/h2-5,7-9,13,18,20,22H,6,10-11,14-17,19H2,1H3. The Bertz CT molecular complexity index is 795. The average molecular weight is 391 g/mol. The fraction of sp³-hybridized carbons (Fsp3) is 0.458. The average Bonchev–Trinajstić information content (AvgIpc) is 2.77. The quantitative estimate of drug-likeness (QED) is 0.690. The van der Waals surface area contributed by atoms with E-state index in [1.165, 1.54) is 5.56 Å². The molecule has 1 aliphatic heterocycles. The highest BCUT2D eigenvalue weighted by molar-refractivity contribution is 5.81. The van der Waals surface area contributed by atoms with Gasteiger partial charge in [0, 0.05) is 25.5 Å². The summed E-state index contributed by atoms with van der Waals surface area (Å²) in [6.07, 6.45) is 7.21. The van der Waals surface area contributed by atoms with Crippen molar-refractivity contribution >= 4 is 5.91 Å². The Kier molecular flexibility index (Phi) is 7.77. The first-order chi connectivity index (χ1) is 14.2. The predicted octanol–water partition coefficient (Wildman–Crippen LogP) is 3.67. The molecule has 29 heavy (non-hydrogen) atoms. The fourth-order valence-corrected chi connectivity index (χ4v) is 4.08. The minimum absolute atomic E-state index is 0.102. The topological polar surface area (TPSA) is 60.2 Å². The van der Waals surface area contributed by atoms with E-state index >= 15 is 0 Å². The van der Waals surface area contributed by atoms with Crippen molar-refractivity contribution in [1.29, 1.82) is 5.26 Å². The molecule has 2 aromatic rings. The third kappa shape index (κ3) is 6.13. The highest BCUT2D eigenvalue weighted by Gasteiger charge is 2.29. The Morgan fingerprint density at radius 3 is 2.59 bits per heavy atom. The SMILES string of the molecule is CC(C(=O)N(CCC#N)Cc1cccnc1)N1CCC(Cc2ccccc2)CC1. The molecule has 0 spiro atoms. The third-order valence-electron chi connectivity index (χ3n) is 5.82. The molecule has 1 unspecified atom stereocenters. The molecule has 1 aliphatic rings. The molecule has 1 saturated heterocycles. The fourth-order valence-electron chi connectivity index (χ4n) is 4.08. The first-order valence-corrected chi connectivity index (χ1v) is 10.5. The second-order valence-corrected chi connectivity index (χ2v) is 7.87. The molecule has 5 nitrogen and oxygen atoms in total. The van der Waals surface area contributed by atoms with E-state index in [0.717, 1.165) is 37.9 Å². The maximum Gasteiger partial charge on any atom is 0.239 e. The Morgan fingerprint density at radius 1 is 1.21 bits per heavy atom. The van der Waals surface area contributed by atoms with Gasteiger partial charge in [-0.05, 0) is 62.4 Å². The summed E-state index contributed by atoms with van der Waals surface area (Å²) < 4.78 is 0. The molecule has 152 valence electrons. The van der Waals surface area contributed by atoms with Crippen molar-refractivity contribution < 1.29 is 4.79 Å². The lowest BCUT2D eigenvalue weighted by molar-refractivity contribution is -0.137. The van der Waals surface area contributed by atoms with Crippen LogP contribution in [0.15, 0.2) is 54.9 Å². The molecule has 1 atom stereocenters. The summed E-state index contributed by atoms with van der Waals surface area (Å²) >= 11 is 0. The van der Waals surface area contributed by atoms with Crippen LogP contribution in [0.2, 0.25) is 0 Å². The van der Waals surface area contributed by atoms with Gasteiger partial charge in [0.15, 0.2) is 0 Å². The van der Waals surface area contributed by atoms with Crippen molar-refractivity contribution in [2.24, 2.45) is 5.92 Å². The summed E-state index contributed by atoms with van der Waals surface area (Å²) in [4.78, 5) is 21.4. The van der Waals surface area contributed by atoms with Crippen molar-refractivity contribution in [2.75, 3.05) is 19.6 Å². The maximum absolute atomic E-state index is 13.2. The van der Waals surface area contributed by atoms with E-state index in [2.05, 4.69) is 46.3 Å². The van der Waals surface area contributed by atoms with Crippen LogP contribution in [0.1, 0.15) is 37.3 Å². The van der Waals surface area contributed by atoms with Gasteiger partial charge in [-0.1, -0.05) is 36.4 Å². The van der Waals surface area contributed by atoms with E-state index in [1.807, 2.05) is 19.1 Å². The highest BCUT2D eigenvalue weighted by Crippen LogP contribution is 2.23. The number of aromatic nitrogens is 1. The van der Waals surface area contributed by atoms with Crippen LogP contribution in [0.4, 0.5) is 0 Å². The van der Waals surface area contributed by atoms with Gasteiger partial charge in [-0.3, -0.25) is 14.7 Å². The smallest absolute Gasteiger partial charge is 0.239 e. The molecule has 0 saturated carbocycles. The molecular weight excluding hydrogens is 360 g/mol. The van der Waals surface area contributed by atoms with Crippen molar-refractivity contribution in [3.63, 3.8) is 0 Å². The van der Waals surface area contributed by atoms with Gasteiger partial charge >= 0.3 is 0 Å². The van der Waals surface area contributed by atoms with Gasteiger partial charge in [0.05, 0.1) is 18.5 Å². The molecule has 0 bridgehead atoms. The lowest BCUT2D eigenvalue weighted by Gasteiger charge is -2.37. The Balaban J connectivity index is 1.55. The molecule has 1 aromatic heterocycles. The Morgan fingerprint density at radius 2 is 1.93 bits per heavy atom. The third-order valence-corrected chi connectivity index (χ3v) is 5.82. The van der Waals surface area contributed by atoms with Gasteiger partial charge in [-0.2, -0.15) is 5.26 Å². The number of carbonyl (C=O) groups is 1. The van der Waals surface area contributed by atoms with Gasteiger partial charge in [0.2, 0.25) is 5.91 Å². The van der Waals surface area contributed by atoms with Crippen molar-refractivity contribution in [2.45, 2.75) is 45.2 Å². The number of nitrogens with zero attached hydrogens (tertiary/aromatic N) is 4. The first kappa shape index (κ1) is 21.0.